The summed E-state index contributed by atoms with van der Waals surface area (Å²) in [5.74, 6) is -5.84. The number of allylic oxidation sites excluding steroid dienone is 1. The lowest BCUT2D eigenvalue weighted by Gasteiger charge is -2.67. The number of esters is 3. The van der Waals surface area contributed by atoms with Crippen molar-refractivity contribution in [1.29, 1.82) is 0 Å². The zero-order chi connectivity index (χ0) is 34.1. The molecule has 2 aromatic carbocycles. The maximum absolute atomic E-state index is 15.0. The molecular formula is C36H40O11. The minimum atomic E-state index is -2.15. The number of carbonyl (C=O) groups is 4. The maximum Gasteiger partial charge on any atom is 0.338 e. The van der Waals surface area contributed by atoms with Crippen molar-refractivity contribution in [2.75, 3.05) is 6.61 Å². The lowest BCUT2D eigenvalue weighted by molar-refractivity contribution is -0.340. The standard InChI is InChI=1S/C36H40O11/c1-19-23(38)17-36(43)30(46-31(41)21-12-8-6-9-13-21)28-34(5,29(40)27(45-20(2)37)26(19)33(36,3)4)24(39)16-25-35(28,18-44-25)47-32(42)22-14-10-7-11-15-22/h6-15,19,23-25,28,30,38-39,43H,16-18H2,1-5H3. The molecule has 0 radical (unpaired) electrons. The van der Waals surface area contributed by atoms with E-state index in [1.54, 1.807) is 69.3 Å². The van der Waals surface area contributed by atoms with Crippen LogP contribution in [0.4, 0.5) is 0 Å². The summed E-state index contributed by atoms with van der Waals surface area (Å²) in [6.45, 7) is 7.24. The van der Waals surface area contributed by atoms with Gasteiger partial charge >= 0.3 is 17.9 Å². The summed E-state index contributed by atoms with van der Waals surface area (Å²) >= 11 is 0. The van der Waals surface area contributed by atoms with Crippen LogP contribution in [0.15, 0.2) is 72.0 Å². The fourth-order valence-corrected chi connectivity index (χ4v) is 8.43. The second-order valence-corrected chi connectivity index (χ2v) is 14.0. The van der Waals surface area contributed by atoms with E-state index in [4.69, 9.17) is 18.9 Å². The van der Waals surface area contributed by atoms with Crippen molar-refractivity contribution in [2.45, 2.75) is 83.1 Å². The lowest BCUT2D eigenvalue weighted by atomic mass is 9.45. The zero-order valence-electron chi connectivity index (χ0n) is 27.0. The van der Waals surface area contributed by atoms with Crippen molar-refractivity contribution in [2.24, 2.45) is 22.7 Å². The first kappa shape index (κ1) is 33.0. The van der Waals surface area contributed by atoms with E-state index >= 15 is 4.79 Å². The highest BCUT2D eigenvalue weighted by atomic mass is 16.6. The smallest absolute Gasteiger partial charge is 0.338 e. The van der Waals surface area contributed by atoms with Gasteiger partial charge in [-0.3, -0.25) is 9.59 Å². The lowest BCUT2D eigenvalue weighted by Crippen LogP contribution is -2.81. The summed E-state index contributed by atoms with van der Waals surface area (Å²) in [4.78, 5) is 55.3. The molecule has 2 saturated carbocycles. The number of rotatable bonds is 5. The quantitative estimate of drug-likeness (QED) is 0.322. The normalized spacial score (nSPS) is 37.2. The van der Waals surface area contributed by atoms with E-state index in [2.05, 4.69) is 0 Å². The van der Waals surface area contributed by atoms with Gasteiger partial charge in [-0.15, -0.1) is 0 Å². The Kier molecular flexibility index (Phi) is 7.98. The van der Waals surface area contributed by atoms with Gasteiger partial charge in [0.05, 0.1) is 41.3 Å². The minimum absolute atomic E-state index is 0.147. The molecule has 1 aliphatic heterocycles. The van der Waals surface area contributed by atoms with E-state index < -0.39 is 87.7 Å². The third-order valence-corrected chi connectivity index (χ3v) is 11.2. The summed E-state index contributed by atoms with van der Waals surface area (Å²) < 4.78 is 24.1. The Morgan fingerprint density at radius 2 is 1.49 bits per heavy atom. The molecule has 250 valence electrons. The number of hydrogen-bond acceptors (Lipinski definition) is 11. The van der Waals surface area contributed by atoms with Crippen molar-refractivity contribution in [3.05, 3.63) is 83.1 Å². The van der Waals surface area contributed by atoms with E-state index in [0.29, 0.717) is 0 Å². The predicted molar refractivity (Wildman–Crippen MR) is 165 cm³/mol. The highest BCUT2D eigenvalue weighted by molar-refractivity contribution is 6.02. The van der Waals surface area contributed by atoms with Gasteiger partial charge in [-0.05, 0) is 36.8 Å². The van der Waals surface area contributed by atoms with Crippen molar-refractivity contribution in [3.8, 4) is 0 Å². The van der Waals surface area contributed by atoms with E-state index in [-0.39, 0.29) is 36.1 Å². The maximum atomic E-state index is 15.0. The van der Waals surface area contributed by atoms with E-state index in [1.165, 1.54) is 19.1 Å². The summed E-state index contributed by atoms with van der Waals surface area (Å²) in [5.41, 5.74) is -6.77. The van der Waals surface area contributed by atoms with Crippen LogP contribution in [-0.2, 0) is 28.5 Å². The highest BCUT2D eigenvalue weighted by Crippen LogP contribution is 2.64. The molecule has 0 aromatic heterocycles. The first-order valence-corrected chi connectivity index (χ1v) is 15.8. The summed E-state index contributed by atoms with van der Waals surface area (Å²) in [6, 6.07) is 16.2. The number of Topliss-reactive ketones (excluding diaryl/α,β-unsaturated/α-hetero) is 1. The van der Waals surface area contributed by atoms with E-state index in [1.807, 2.05) is 0 Å². The monoisotopic (exact) mass is 648 g/mol. The van der Waals surface area contributed by atoms with Crippen molar-refractivity contribution in [1.82, 2.24) is 0 Å². The van der Waals surface area contributed by atoms with Gasteiger partial charge in [0.25, 0.3) is 0 Å². The fourth-order valence-electron chi connectivity index (χ4n) is 8.43. The van der Waals surface area contributed by atoms with Crippen LogP contribution in [0.25, 0.3) is 0 Å². The van der Waals surface area contributed by atoms with Crippen LogP contribution in [0.2, 0.25) is 0 Å². The SMILES string of the molecule is CC(=O)OC1=C2C(C)C(O)CC(O)(C(OC(=O)c3ccccc3)C3C4(OC(=O)c5ccccc5)COC4CC(O)C3(C)C1=O)C2(C)C. The third-order valence-electron chi connectivity index (χ3n) is 11.2. The molecule has 11 nitrogen and oxygen atoms in total. The van der Waals surface area contributed by atoms with Gasteiger partial charge in [0.2, 0.25) is 5.78 Å². The van der Waals surface area contributed by atoms with Gasteiger partial charge in [0.1, 0.15) is 17.8 Å². The molecule has 0 spiro atoms. The van der Waals surface area contributed by atoms with Crippen LogP contribution < -0.4 is 0 Å². The average molecular weight is 649 g/mol. The molecule has 0 amide bonds. The Hall–Kier alpha value is -3.90. The number of aliphatic hydroxyl groups is 3. The topological polar surface area (TPSA) is 166 Å². The largest absolute Gasteiger partial charge is 0.455 e. The summed E-state index contributed by atoms with van der Waals surface area (Å²) in [7, 11) is 0. The zero-order valence-corrected chi connectivity index (χ0v) is 27.0. The first-order valence-electron chi connectivity index (χ1n) is 15.8. The van der Waals surface area contributed by atoms with Gasteiger partial charge in [-0.25, -0.2) is 9.59 Å². The number of carbonyl (C=O) groups excluding carboxylic acids is 4. The van der Waals surface area contributed by atoms with E-state index in [0.717, 1.165) is 6.92 Å². The van der Waals surface area contributed by atoms with Gasteiger partial charge in [0, 0.05) is 31.1 Å². The Bertz CT molecular complexity index is 1630. The molecule has 11 heteroatoms. The predicted octanol–water partition coefficient (Wildman–Crippen LogP) is 3.15. The fraction of sp³-hybridized carbons (Fsp3) is 0.500. The van der Waals surface area contributed by atoms with Crippen LogP contribution >= 0.6 is 0 Å². The van der Waals surface area contributed by atoms with E-state index in [9.17, 15) is 29.7 Å². The first-order chi connectivity index (χ1) is 22.1. The van der Waals surface area contributed by atoms with Crippen LogP contribution in [0.3, 0.4) is 0 Å². The van der Waals surface area contributed by atoms with Crippen LogP contribution in [-0.4, -0.2) is 81.2 Å². The Morgan fingerprint density at radius 1 is 0.915 bits per heavy atom. The second kappa shape index (κ2) is 11.4. The highest BCUT2D eigenvalue weighted by Gasteiger charge is 2.78. The molecule has 4 aliphatic rings. The van der Waals surface area contributed by atoms with Crippen LogP contribution in [0.1, 0.15) is 68.2 Å². The van der Waals surface area contributed by atoms with Gasteiger partial charge in [-0.2, -0.15) is 0 Å². The molecule has 1 saturated heterocycles. The molecule has 9 unspecified atom stereocenters. The van der Waals surface area contributed by atoms with Crippen LogP contribution in [0, 0.1) is 22.7 Å². The summed E-state index contributed by atoms with van der Waals surface area (Å²) in [6.07, 6.45) is -5.83. The molecule has 9 atom stereocenters. The van der Waals surface area contributed by atoms with Gasteiger partial charge in [-0.1, -0.05) is 57.2 Å². The number of hydrogen-bond donors (Lipinski definition) is 3. The van der Waals surface area contributed by atoms with Crippen molar-refractivity contribution in [3.63, 3.8) is 0 Å². The summed E-state index contributed by atoms with van der Waals surface area (Å²) in [5, 5.41) is 36.4. The number of benzene rings is 2. The molecule has 2 aromatic rings. The number of aliphatic hydroxyl groups excluding tert-OH is 2. The molecule has 47 heavy (non-hydrogen) atoms. The molecule has 1 heterocycles. The average Bonchev–Trinajstić information content (AvgIpc) is 3.03. The Labute approximate surface area is 272 Å². The second-order valence-electron chi connectivity index (χ2n) is 14.0. The molecule has 2 bridgehead atoms. The minimum Gasteiger partial charge on any atom is -0.455 e. The Morgan fingerprint density at radius 3 is 2.02 bits per heavy atom. The molecule has 3 N–H and O–H groups in total. The van der Waals surface area contributed by atoms with Crippen molar-refractivity contribution >= 4 is 23.7 Å². The third kappa shape index (κ3) is 4.77. The number of ether oxygens (including phenoxy) is 4. The number of ketones is 1. The van der Waals surface area contributed by atoms with Crippen LogP contribution in [0.5, 0.6) is 0 Å². The van der Waals surface area contributed by atoms with Gasteiger partial charge in [0.15, 0.2) is 11.4 Å². The van der Waals surface area contributed by atoms with Gasteiger partial charge < -0.3 is 34.3 Å². The molecule has 3 fully saturated rings. The number of fused-ring (bicyclic) bond motifs is 5. The molecule has 3 aliphatic carbocycles. The van der Waals surface area contributed by atoms with Crippen molar-refractivity contribution < 1.29 is 53.4 Å². The molecular weight excluding hydrogens is 608 g/mol. The Balaban J connectivity index is 1.65. The molecule has 6 rings (SSSR count).